The molecule has 1 N–H and O–H groups in total. The van der Waals surface area contributed by atoms with Gasteiger partial charge in [-0.25, -0.2) is 4.79 Å². The highest BCUT2D eigenvalue weighted by Gasteiger charge is 2.23. The van der Waals surface area contributed by atoms with Gasteiger partial charge in [-0.05, 0) is 35.4 Å². The van der Waals surface area contributed by atoms with Gasteiger partial charge in [0.15, 0.2) is 0 Å². The van der Waals surface area contributed by atoms with Crippen LogP contribution in [0.3, 0.4) is 0 Å². The van der Waals surface area contributed by atoms with Crippen molar-refractivity contribution in [1.82, 2.24) is 0 Å². The van der Waals surface area contributed by atoms with Gasteiger partial charge in [0.2, 0.25) is 11.7 Å². The molecule has 4 rings (SSSR count). The molecule has 28 heavy (non-hydrogen) atoms. The Hall–Kier alpha value is -3.60. The van der Waals surface area contributed by atoms with E-state index in [0.29, 0.717) is 16.7 Å². The lowest BCUT2D eigenvalue weighted by Gasteiger charge is -2.08. The van der Waals surface area contributed by atoms with Crippen LogP contribution in [-0.4, -0.2) is 18.5 Å². The third-order valence-electron chi connectivity index (χ3n) is 4.55. The summed E-state index contributed by atoms with van der Waals surface area (Å²) in [4.78, 5) is 25.1. The number of rotatable bonds is 5. The van der Waals surface area contributed by atoms with Gasteiger partial charge in [0.25, 0.3) is 0 Å². The van der Waals surface area contributed by atoms with E-state index in [1.807, 2.05) is 54.6 Å². The van der Waals surface area contributed by atoms with Crippen LogP contribution in [0, 0.1) is 0 Å². The number of nitrogens with one attached hydrogen (secondary N) is 1. The highest BCUT2D eigenvalue weighted by Crippen LogP contribution is 2.31. The molecule has 1 heterocycles. The highest BCUT2D eigenvalue weighted by molar-refractivity contribution is 6.10. The van der Waals surface area contributed by atoms with Gasteiger partial charge in [-0.3, -0.25) is 4.79 Å². The molecule has 0 spiro atoms. The second kappa shape index (κ2) is 7.56. The predicted molar refractivity (Wildman–Crippen MR) is 108 cm³/mol. The summed E-state index contributed by atoms with van der Waals surface area (Å²) in [5, 5.41) is 5.62. The number of carbonyl (C=O) groups excluding carboxylic acids is 2. The number of furan rings is 1. The van der Waals surface area contributed by atoms with Crippen LogP contribution in [0.15, 0.2) is 71.1 Å². The normalized spacial score (nSPS) is 10.9. The second-order valence-corrected chi connectivity index (χ2v) is 6.39. The van der Waals surface area contributed by atoms with Gasteiger partial charge in [0.1, 0.15) is 11.3 Å². The van der Waals surface area contributed by atoms with Gasteiger partial charge < -0.3 is 14.5 Å². The van der Waals surface area contributed by atoms with Crippen molar-refractivity contribution in [3.63, 3.8) is 0 Å². The number of hydrogen-bond acceptors (Lipinski definition) is 4. The molecule has 140 valence electrons. The molecule has 0 aliphatic rings. The SMILES string of the molecule is CCOC(=O)c1oc2ccccc2c1NC(=O)Cc1cccc2ccccc12. The summed E-state index contributed by atoms with van der Waals surface area (Å²) in [6.45, 7) is 1.94. The Morgan fingerprint density at radius 2 is 1.64 bits per heavy atom. The number of benzene rings is 3. The standard InChI is InChI=1S/C23H19NO4/c1-2-27-23(26)22-21(18-12-5-6-13-19(18)28-22)24-20(25)14-16-10-7-9-15-8-3-4-11-17(15)16/h3-13H,2,14H2,1H3,(H,24,25). The van der Waals surface area contributed by atoms with Gasteiger partial charge in [-0.2, -0.15) is 0 Å². The van der Waals surface area contributed by atoms with Gasteiger partial charge in [-0.15, -0.1) is 0 Å². The number of amides is 1. The summed E-state index contributed by atoms with van der Waals surface area (Å²) >= 11 is 0. The van der Waals surface area contributed by atoms with Gasteiger partial charge in [0, 0.05) is 5.39 Å². The van der Waals surface area contributed by atoms with Crippen molar-refractivity contribution >= 4 is 39.3 Å². The van der Waals surface area contributed by atoms with Crippen LogP contribution in [0.1, 0.15) is 23.0 Å². The zero-order chi connectivity index (χ0) is 19.5. The van der Waals surface area contributed by atoms with Crippen LogP contribution in [0.2, 0.25) is 0 Å². The first-order valence-electron chi connectivity index (χ1n) is 9.12. The number of ether oxygens (including phenoxy) is 1. The van der Waals surface area contributed by atoms with E-state index >= 15 is 0 Å². The predicted octanol–water partition coefficient (Wildman–Crippen LogP) is 4.94. The summed E-state index contributed by atoms with van der Waals surface area (Å²) in [5.74, 6) is -0.818. The second-order valence-electron chi connectivity index (χ2n) is 6.39. The minimum atomic E-state index is -0.598. The first-order valence-corrected chi connectivity index (χ1v) is 9.12. The molecule has 0 saturated carbocycles. The molecule has 1 aromatic heterocycles. The van der Waals surface area contributed by atoms with E-state index in [1.165, 1.54) is 0 Å². The maximum atomic E-state index is 12.8. The molecule has 3 aromatic carbocycles. The third-order valence-corrected chi connectivity index (χ3v) is 4.55. The van der Waals surface area contributed by atoms with Gasteiger partial charge in [0.05, 0.1) is 13.0 Å². The van der Waals surface area contributed by atoms with Crippen LogP contribution >= 0.6 is 0 Å². The number of para-hydroxylation sites is 1. The largest absolute Gasteiger partial charge is 0.460 e. The van der Waals surface area contributed by atoms with Crippen LogP contribution in [0.4, 0.5) is 5.69 Å². The topological polar surface area (TPSA) is 68.5 Å². The smallest absolute Gasteiger partial charge is 0.376 e. The van der Waals surface area contributed by atoms with Crippen molar-refractivity contribution in [3.05, 3.63) is 78.1 Å². The molecule has 0 aliphatic carbocycles. The Labute approximate surface area is 161 Å². The molecule has 0 atom stereocenters. The minimum Gasteiger partial charge on any atom is -0.460 e. The van der Waals surface area contributed by atoms with Crippen LogP contribution in [-0.2, 0) is 16.0 Å². The summed E-state index contributed by atoms with van der Waals surface area (Å²) in [6, 6.07) is 21.0. The molecular formula is C23H19NO4. The van der Waals surface area contributed by atoms with E-state index in [-0.39, 0.29) is 24.7 Å². The number of anilines is 1. The van der Waals surface area contributed by atoms with Crippen molar-refractivity contribution in [1.29, 1.82) is 0 Å². The maximum absolute atomic E-state index is 12.8. The Balaban J connectivity index is 1.66. The van der Waals surface area contributed by atoms with Gasteiger partial charge >= 0.3 is 5.97 Å². The third kappa shape index (κ3) is 3.34. The van der Waals surface area contributed by atoms with Gasteiger partial charge in [-0.1, -0.05) is 54.6 Å². The fraction of sp³-hybridized carbons (Fsp3) is 0.130. The molecule has 0 unspecified atom stereocenters. The van der Waals surface area contributed by atoms with E-state index in [1.54, 1.807) is 19.1 Å². The quantitative estimate of drug-likeness (QED) is 0.503. The summed E-state index contributed by atoms with van der Waals surface area (Å²) in [6.07, 6.45) is 0.184. The summed E-state index contributed by atoms with van der Waals surface area (Å²) < 4.78 is 10.7. The average Bonchev–Trinajstić information content (AvgIpc) is 3.07. The molecule has 0 aliphatic heterocycles. The lowest BCUT2D eigenvalue weighted by Crippen LogP contribution is -2.17. The Morgan fingerprint density at radius 3 is 2.46 bits per heavy atom. The molecule has 0 bridgehead atoms. The Bertz CT molecular complexity index is 1170. The molecule has 5 heteroatoms. The van der Waals surface area contributed by atoms with Crippen LogP contribution in [0.5, 0.6) is 0 Å². The highest BCUT2D eigenvalue weighted by atomic mass is 16.5. The molecule has 5 nitrogen and oxygen atoms in total. The molecule has 0 fully saturated rings. The van der Waals surface area contributed by atoms with Crippen molar-refractivity contribution in [2.24, 2.45) is 0 Å². The van der Waals surface area contributed by atoms with Crippen molar-refractivity contribution in [3.8, 4) is 0 Å². The van der Waals surface area contributed by atoms with E-state index < -0.39 is 5.97 Å². The average molecular weight is 373 g/mol. The lowest BCUT2D eigenvalue weighted by molar-refractivity contribution is -0.115. The minimum absolute atomic E-state index is 0.00863. The summed E-state index contributed by atoms with van der Waals surface area (Å²) in [7, 11) is 0. The Morgan fingerprint density at radius 1 is 0.929 bits per heavy atom. The fourth-order valence-electron chi connectivity index (χ4n) is 3.31. The Kier molecular flexibility index (Phi) is 4.81. The molecule has 0 saturated heterocycles. The van der Waals surface area contributed by atoms with Crippen molar-refractivity contribution in [2.75, 3.05) is 11.9 Å². The number of esters is 1. The molecule has 0 radical (unpaired) electrons. The monoisotopic (exact) mass is 373 g/mol. The lowest BCUT2D eigenvalue weighted by atomic mass is 10.0. The van der Waals surface area contributed by atoms with E-state index in [9.17, 15) is 9.59 Å². The summed E-state index contributed by atoms with van der Waals surface area (Å²) in [5.41, 5.74) is 1.78. The van der Waals surface area contributed by atoms with Crippen LogP contribution in [0.25, 0.3) is 21.7 Å². The first kappa shape index (κ1) is 17.8. The molecule has 4 aromatic rings. The van der Waals surface area contributed by atoms with E-state index in [4.69, 9.17) is 9.15 Å². The fourth-order valence-corrected chi connectivity index (χ4v) is 3.31. The number of carbonyl (C=O) groups is 2. The van der Waals surface area contributed by atoms with E-state index in [2.05, 4.69) is 5.32 Å². The first-order chi connectivity index (χ1) is 13.7. The van der Waals surface area contributed by atoms with Crippen molar-refractivity contribution in [2.45, 2.75) is 13.3 Å². The number of hydrogen-bond donors (Lipinski definition) is 1. The van der Waals surface area contributed by atoms with Crippen molar-refractivity contribution < 1.29 is 18.7 Å². The maximum Gasteiger partial charge on any atom is 0.376 e. The molecular weight excluding hydrogens is 354 g/mol. The number of fused-ring (bicyclic) bond motifs is 2. The van der Waals surface area contributed by atoms with Crippen LogP contribution < -0.4 is 5.32 Å². The van der Waals surface area contributed by atoms with E-state index in [0.717, 1.165) is 16.3 Å². The molecule has 1 amide bonds. The zero-order valence-electron chi connectivity index (χ0n) is 15.4. The zero-order valence-corrected chi connectivity index (χ0v) is 15.4.